The van der Waals surface area contributed by atoms with E-state index in [0.29, 0.717) is 12.0 Å². The maximum atomic E-state index is 12.2. The summed E-state index contributed by atoms with van der Waals surface area (Å²) in [4.78, 5) is 57.7. The van der Waals surface area contributed by atoms with Gasteiger partial charge in [0.2, 0.25) is 5.91 Å². The van der Waals surface area contributed by atoms with E-state index < -0.39 is 11.9 Å². The van der Waals surface area contributed by atoms with Gasteiger partial charge in [0.25, 0.3) is 0 Å². The Hall–Kier alpha value is -3.29. The van der Waals surface area contributed by atoms with E-state index in [2.05, 4.69) is 5.32 Å². The number of aromatic carboxylic acids is 1. The Kier molecular flexibility index (Phi) is 8.66. The molecule has 3 N–H and O–H groups in total. The number of hydrogen-bond acceptors (Lipinski definition) is 5. The van der Waals surface area contributed by atoms with E-state index in [9.17, 15) is 24.0 Å². The van der Waals surface area contributed by atoms with Gasteiger partial charge in [0.05, 0.1) is 12.0 Å². The second-order valence-corrected chi connectivity index (χ2v) is 7.93. The quantitative estimate of drug-likeness (QED) is 0.459. The number of benzene rings is 1. The standard InChI is InChI=1S/C23H27NO7/c1-14(19-13-18(25)7-8-20(19)26)5-3-2-4-6-21(27)24-17-10-15(11-22(28)29)9-16(12-17)23(30)31/h7-10,12,14,19H,2-6,11,13H2,1H3,(H,24,27)(H,28,29)(H,30,31). The molecule has 31 heavy (non-hydrogen) atoms. The zero-order valence-corrected chi connectivity index (χ0v) is 17.4. The van der Waals surface area contributed by atoms with Crippen molar-refractivity contribution in [3.8, 4) is 0 Å². The van der Waals surface area contributed by atoms with E-state index in [0.717, 1.165) is 19.3 Å². The van der Waals surface area contributed by atoms with Crippen LogP contribution < -0.4 is 5.32 Å². The third-order valence-electron chi connectivity index (χ3n) is 5.35. The number of carbonyl (C=O) groups excluding carboxylic acids is 3. The van der Waals surface area contributed by atoms with E-state index in [4.69, 9.17) is 10.2 Å². The lowest BCUT2D eigenvalue weighted by Crippen LogP contribution is -2.26. The van der Waals surface area contributed by atoms with Crippen molar-refractivity contribution in [2.45, 2.75) is 51.9 Å². The summed E-state index contributed by atoms with van der Waals surface area (Å²) in [6, 6.07) is 4.02. The summed E-state index contributed by atoms with van der Waals surface area (Å²) in [5, 5.41) is 20.7. The van der Waals surface area contributed by atoms with Crippen LogP contribution in [0.15, 0.2) is 30.4 Å². The van der Waals surface area contributed by atoms with Crippen molar-refractivity contribution in [3.63, 3.8) is 0 Å². The number of unbranched alkanes of at least 4 members (excludes halogenated alkanes) is 2. The predicted molar refractivity (Wildman–Crippen MR) is 113 cm³/mol. The van der Waals surface area contributed by atoms with Crippen molar-refractivity contribution in [3.05, 3.63) is 41.5 Å². The molecule has 0 bridgehead atoms. The molecular weight excluding hydrogens is 402 g/mol. The van der Waals surface area contributed by atoms with Gasteiger partial charge in [-0.2, -0.15) is 0 Å². The lowest BCUT2D eigenvalue weighted by molar-refractivity contribution is -0.136. The number of rotatable bonds is 11. The molecule has 1 aromatic rings. The van der Waals surface area contributed by atoms with Gasteiger partial charge in [0, 0.05) is 24.4 Å². The van der Waals surface area contributed by atoms with Crippen LogP contribution in [0.2, 0.25) is 0 Å². The molecule has 8 nitrogen and oxygen atoms in total. The van der Waals surface area contributed by atoms with E-state index in [1.165, 1.54) is 30.4 Å². The van der Waals surface area contributed by atoms with Crippen molar-refractivity contribution in [1.29, 1.82) is 0 Å². The number of allylic oxidation sites excluding steroid dienone is 2. The van der Waals surface area contributed by atoms with Crippen LogP contribution in [0.4, 0.5) is 5.69 Å². The molecule has 0 spiro atoms. The van der Waals surface area contributed by atoms with Crippen LogP contribution in [0, 0.1) is 11.8 Å². The van der Waals surface area contributed by atoms with Crippen LogP contribution in [-0.4, -0.2) is 39.6 Å². The normalized spacial score (nSPS) is 16.7. The number of ketones is 2. The van der Waals surface area contributed by atoms with Crippen LogP contribution in [0.5, 0.6) is 0 Å². The van der Waals surface area contributed by atoms with Crippen molar-refractivity contribution in [1.82, 2.24) is 0 Å². The minimum Gasteiger partial charge on any atom is -0.481 e. The van der Waals surface area contributed by atoms with Gasteiger partial charge in [-0.1, -0.05) is 19.8 Å². The molecule has 1 aliphatic rings. The molecule has 0 heterocycles. The highest BCUT2D eigenvalue weighted by atomic mass is 16.4. The van der Waals surface area contributed by atoms with E-state index in [1.807, 2.05) is 6.92 Å². The molecule has 1 amide bonds. The van der Waals surface area contributed by atoms with Crippen molar-refractivity contribution >= 4 is 35.1 Å². The lowest BCUT2D eigenvalue weighted by atomic mass is 9.80. The van der Waals surface area contributed by atoms with Gasteiger partial charge in [0.1, 0.15) is 0 Å². The third-order valence-corrected chi connectivity index (χ3v) is 5.35. The van der Waals surface area contributed by atoms with E-state index in [1.54, 1.807) is 0 Å². The minimum atomic E-state index is -1.20. The topological polar surface area (TPSA) is 138 Å². The number of aliphatic carboxylic acids is 1. The average molecular weight is 429 g/mol. The highest BCUT2D eigenvalue weighted by Gasteiger charge is 2.27. The monoisotopic (exact) mass is 429 g/mol. The van der Waals surface area contributed by atoms with Crippen molar-refractivity contribution < 1.29 is 34.2 Å². The summed E-state index contributed by atoms with van der Waals surface area (Å²) in [6.07, 6.45) is 5.87. The Morgan fingerprint density at radius 3 is 2.48 bits per heavy atom. The van der Waals surface area contributed by atoms with Gasteiger partial charge in [-0.05, 0) is 54.7 Å². The van der Waals surface area contributed by atoms with Gasteiger partial charge >= 0.3 is 11.9 Å². The number of amides is 1. The Labute approximate surface area is 180 Å². The highest BCUT2D eigenvalue weighted by molar-refractivity contribution is 6.05. The second kappa shape index (κ2) is 11.2. The van der Waals surface area contributed by atoms with Crippen molar-refractivity contribution in [2.24, 2.45) is 11.8 Å². The summed E-state index contributed by atoms with van der Waals surface area (Å²) in [5.74, 6) is -2.77. The third kappa shape index (κ3) is 7.81. The number of carboxylic acid groups (broad SMARTS) is 2. The Morgan fingerprint density at radius 2 is 1.81 bits per heavy atom. The van der Waals surface area contributed by atoms with Crippen molar-refractivity contribution in [2.75, 3.05) is 5.32 Å². The molecule has 2 atom stereocenters. The first kappa shape index (κ1) is 24.0. The molecule has 8 heteroatoms. The SMILES string of the molecule is CC(CCCCCC(=O)Nc1cc(CC(=O)O)cc(C(=O)O)c1)C1CC(=O)C=CC1=O. The summed E-state index contributed by atoms with van der Waals surface area (Å²) in [7, 11) is 0. The first-order chi connectivity index (χ1) is 14.7. The summed E-state index contributed by atoms with van der Waals surface area (Å²) in [6.45, 7) is 1.96. The Bertz CT molecular complexity index is 903. The smallest absolute Gasteiger partial charge is 0.335 e. The zero-order chi connectivity index (χ0) is 23.0. The first-order valence-electron chi connectivity index (χ1n) is 10.3. The molecule has 0 fully saturated rings. The van der Waals surface area contributed by atoms with Gasteiger partial charge < -0.3 is 15.5 Å². The molecule has 2 unspecified atom stereocenters. The van der Waals surface area contributed by atoms with Gasteiger partial charge in [-0.3, -0.25) is 19.2 Å². The number of anilines is 1. The van der Waals surface area contributed by atoms with Gasteiger partial charge in [-0.15, -0.1) is 0 Å². The fraction of sp³-hybridized carbons (Fsp3) is 0.435. The van der Waals surface area contributed by atoms with Crippen LogP contribution in [-0.2, 0) is 25.6 Å². The highest BCUT2D eigenvalue weighted by Crippen LogP contribution is 2.26. The number of nitrogens with one attached hydrogen (secondary N) is 1. The zero-order valence-electron chi connectivity index (χ0n) is 17.4. The fourth-order valence-electron chi connectivity index (χ4n) is 3.68. The molecule has 0 aromatic heterocycles. The molecule has 166 valence electrons. The van der Waals surface area contributed by atoms with Gasteiger partial charge in [0.15, 0.2) is 11.6 Å². The van der Waals surface area contributed by atoms with Crippen LogP contribution in [0.3, 0.4) is 0 Å². The molecule has 0 saturated carbocycles. The molecule has 2 rings (SSSR count). The second-order valence-electron chi connectivity index (χ2n) is 7.93. The molecule has 0 saturated heterocycles. The molecule has 0 radical (unpaired) electrons. The largest absolute Gasteiger partial charge is 0.481 e. The number of hydrogen-bond donors (Lipinski definition) is 3. The first-order valence-corrected chi connectivity index (χ1v) is 10.3. The fourth-order valence-corrected chi connectivity index (χ4v) is 3.68. The van der Waals surface area contributed by atoms with E-state index >= 15 is 0 Å². The maximum Gasteiger partial charge on any atom is 0.335 e. The average Bonchev–Trinajstić information content (AvgIpc) is 2.68. The van der Waals surface area contributed by atoms with Crippen LogP contribution in [0.1, 0.15) is 61.4 Å². The molecule has 1 aliphatic carbocycles. The Balaban J connectivity index is 1.78. The number of carboxylic acids is 2. The molecular formula is C23H27NO7. The minimum absolute atomic E-state index is 0.00247. The predicted octanol–water partition coefficient (Wildman–Crippen LogP) is 3.25. The van der Waals surface area contributed by atoms with Crippen LogP contribution >= 0.6 is 0 Å². The lowest BCUT2D eigenvalue weighted by Gasteiger charge is -2.22. The van der Waals surface area contributed by atoms with E-state index in [-0.39, 0.29) is 59.8 Å². The summed E-state index contributed by atoms with van der Waals surface area (Å²) in [5.41, 5.74) is 0.458. The Morgan fingerprint density at radius 1 is 1.06 bits per heavy atom. The molecule has 0 aliphatic heterocycles. The van der Waals surface area contributed by atoms with Crippen LogP contribution in [0.25, 0.3) is 0 Å². The summed E-state index contributed by atoms with van der Waals surface area (Å²) < 4.78 is 0. The summed E-state index contributed by atoms with van der Waals surface area (Å²) >= 11 is 0. The van der Waals surface area contributed by atoms with Gasteiger partial charge in [-0.25, -0.2) is 4.79 Å². The number of carbonyl (C=O) groups is 5. The molecule has 1 aromatic carbocycles. The maximum absolute atomic E-state index is 12.2.